The second kappa shape index (κ2) is 9.02. The van der Waals surface area contributed by atoms with Crippen molar-refractivity contribution in [2.75, 3.05) is 24.7 Å². The lowest BCUT2D eigenvalue weighted by Crippen LogP contribution is -2.43. The summed E-state index contributed by atoms with van der Waals surface area (Å²) in [5.74, 6) is 0.463. The van der Waals surface area contributed by atoms with E-state index >= 15 is 0 Å². The fourth-order valence-electron chi connectivity index (χ4n) is 1.87. The monoisotopic (exact) mass is 372 g/mol. The standard InChI is InChI=1S/C16H28N4O4S/c1-16(2,3)20-15(21)19-13-7-6-12(11-18-25(4,22)23)10-14(13)24-9-5-8-17/h6-7,10,18H,5,8-9,11,17H2,1-4H3,(H2,19,20,21). The van der Waals surface area contributed by atoms with Crippen molar-refractivity contribution < 1.29 is 17.9 Å². The van der Waals surface area contributed by atoms with Crippen LogP contribution in [0.25, 0.3) is 0 Å². The number of ether oxygens (including phenoxy) is 1. The summed E-state index contributed by atoms with van der Waals surface area (Å²) in [7, 11) is -3.29. The minimum absolute atomic E-state index is 0.139. The fourth-order valence-corrected chi connectivity index (χ4v) is 2.30. The molecule has 1 aromatic carbocycles. The summed E-state index contributed by atoms with van der Waals surface area (Å²) in [6.45, 7) is 6.67. The third-order valence-electron chi connectivity index (χ3n) is 2.93. The fraction of sp³-hybridized carbons (Fsp3) is 0.562. The molecule has 0 aliphatic heterocycles. The Hall–Kier alpha value is -1.84. The van der Waals surface area contributed by atoms with Gasteiger partial charge in [-0.25, -0.2) is 17.9 Å². The molecular weight excluding hydrogens is 344 g/mol. The maximum atomic E-state index is 12.1. The molecule has 0 aromatic heterocycles. The number of carbonyl (C=O) groups excluding carboxylic acids is 1. The molecule has 0 aliphatic rings. The molecule has 1 rings (SSSR count). The Bertz CT molecular complexity index is 684. The molecule has 0 atom stereocenters. The van der Waals surface area contributed by atoms with E-state index in [-0.39, 0.29) is 18.1 Å². The molecule has 0 aliphatic carbocycles. The molecule has 8 nitrogen and oxygen atoms in total. The van der Waals surface area contributed by atoms with Crippen molar-refractivity contribution in [3.63, 3.8) is 0 Å². The lowest BCUT2D eigenvalue weighted by Gasteiger charge is -2.21. The van der Waals surface area contributed by atoms with Crippen molar-refractivity contribution in [1.82, 2.24) is 10.0 Å². The number of amides is 2. The summed E-state index contributed by atoms with van der Waals surface area (Å²) in [6, 6.07) is 4.75. The number of anilines is 1. The highest BCUT2D eigenvalue weighted by Crippen LogP contribution is 2.26. The lowest BCUT2D eigenvalue weighted by atomic mass is 10.1. The van der Waals surface area contributed by atoms with Crippen LogP contribution >= 0.6 is 0 Å². The molecule has 0 fully saturated rings. The van der Waals surface area contributed by atoms with E-state index in [9.17, 15) is 13.2 Å². The third-order valence-corrected chi connectivity index (χ3v) is 3.60. The highest BCUT2D eigenvalue weighted by Gasteiger charge is 2.15. The Balaban J connectivity index is 2.92. The number of benzene rings is 1. The number of nitrogens with two attached hydrogens (primary N) is 1. The predicted molar refractivity (Wildman–Crippen MR) is 99.2 cm³/mol. The van der Waals surface area contributed by atoms with Gasteiger partial charge in [0.15, 0.2) is 0 Å². The number of rotatable bonds is 8. The van der Waals surface area contributed by atoms with Gasteiger partial charge in [-0.3, -0.25) is 0 Å². The van der Waals surface area contributed by atoms with Crippen LogP contribution in [0.1, 0.15) is 32.8 Å². The van der Waals surface area contributed by atoms with Gasteiger partial charge in [0.25, 0.3) is 0 Å². The van der Waals surface area contributed by atoms with Crippen molar-refractivity contribution in [1.29, 1.82) is 0 Å². The quantitative estimate of drug-likeness (QED) is 0.514. The maximum absolute atomic E-state index is 12.1. The Kier molecular flexibility index (Phi) is 7.65. The van der Waals surface area contributed by atoms with Crippen LogP contribution in [0.15, 0.2) is 18.2 Å². The first-order valence-electron chi connectivity index (χ1n) is 8.00. The molecule has 0 saturated heterocycles. The number of carbonyl (C=O) groups is 1. The van der Waals surface area contributed by atoms with Gasteiger partial charge in [0.1, 0.15) is 5.75 Å². The van der Waals surface area contributed by atoms with Crippen LogP contribution < -0.4 is 25.8 Å². The molecule has 142 valence electrons. The SMILES string of the molecule is CC(C)(C)NC(=O)Nc1ccc(CNS(C)(=O)=O)cc1OCCCN. The van der Waals surface area contributed by atoms with Crippen LogP contribution in [0.4, 0.5) is 10.5 Å². The molecule has 0 unspecified atom stereocenters. The van der Waals surface area contributed by atoms with E-state index in [0.717, 1.165) is 11.8 Å². The molecule has 1 aromatic rings. The highest BCUT2D eigenvalue weighted by molar-refractivity contribution is 7.88. The maximum Gasteiger partial charge on any atom is 0.319 e. The predicted octanol–water partition coefficient (Wildman–Crippen LogP) is 1.38. The average molecular weight is 372 g/mol. The van der Waals surface area contributed by atoms with Crippen LogP contribution in [0.2, 0.25) is 0 Å². The molecule has 2 amide bonds. The van der Waals surface area contributed by atoms with Gasteiger partial charge in [-0.2, -0.15) is 0 Å². The van der Waals surface area contributed by atoms with Crippen molar-refractivity contribution >= 4 is 21.7 Å². The number of hydrogen-bond donors (Lipinski definition) is 4. The highest BCUT2D eigenvalue weighted by atomic mass is 32.2. The first-order valence-corrected chi connectivity index (χ1v) is 9.89. The molecule has 0 radical (unpaired) electrons. The minimum atomic E-state index is -3.29. The summed E-state index contributed by atoms with van der Waals surface area (Å²) in [5, 5.41) is 5.55. The van der Waals surface area contributed by atoms with Gasteiger partial charge in [-0.1, -0.05) is 6.07 Å². The zero-order valence-corrected chi connectivity index (χ0v) is 16.0. The summed E-state index contributed by atoms with van der Waals surface area (Å²) in [5.41, 5.74) is 6.32. The topological polar surface area (TPSA) is 123 Å². The third kappa shape index (κ3) is 9.28. The molecule has 25 heavy (non-hydrogen) atoms. The molecule has 5 N–H and O–H groups in total. The summed E-state index contributed by atoms with van der Waals surface area (Å²) in [6.07, 6.45) is 1.76. The van der Waals surface area contributed by atoms with Gasteiger partial charge in [-0.15, -0.1) is 0 Å². The van der Waals surface area contributed by atoms with E-state index in [1.54, 1.807) is 18.2 Å². The first-order chi connectivity index (χ1) is 11.5. The first kappa shape index (κ1) is 21.2. The van der Waals surface area contributed by atoms with E-state index in [1.807, 2.05) is 20.8 Å². The second-order valence-corrected chi connectivity index (χ2v) is 8.58. The van der Waals surface area contributed by atoms with Gasteiger partial charge in [0.2, 0.25) is 10.0 Å². The summed E-state index contributed by atoms with van der Waals surface area (Å²) >= 11 is 0. The van der Waals surface area contributed by atoms with Crippen LogP contribution in [-0.4, -0.2) is 39.4 Å². The Morgan fingerprint density at radius 3 is 2.52 bits per heavy atom. The number of sulfonamides is 1. The van der Waals surface area contributed by atoms with E-state index in [4.69, 9.17) is 10.5 Å². The number of urea groups is 1. The van der Waals surface area contributed by atoms with Gasteiger partial charge < -0.3 is 21.1 Å². The van der Waals surface area contributed by atoms with Crippen molar-refractivity contribution in [3.8, 4) is 5.75 Å². The molecular formula is C16H28N4O4S. The molecule has 9 heteroatoms. The molecule has 0 saturated carbocycles. The van der Waals surface area contributed by atoms with E-state index in [0.29, 0.717) is 31.0 Å². The van der Waals surface area contributed by atoms with Gasteiger partial charge >= 0.3 is 6.03 Å². The second-order valence-electron chi connectivity index (χ2n) is 6.74. The van der Waals surface area contributed by atoms with Crippen molar-refractivity contribution in [2.45, 2.75) is 39.3 Å². The number of nitrogens with one attached hydrogen (secondary N) is 3. The van der Waals surface area contributed by atoms with E-state index in [2.05, 4.69) is 15.4 Å². The Labute approximate surface area is 149 Å². The van der Waals surface area contributed by atoms with Crippen molar-refractivity contribution in [2.24, 2.45) is 5.73 Å². The number of hydrogen-bond acceptors (Lipinski definition) is 5. The van der Waals surface area contributed by atoms with E-state index in [1.165, 1.54) is 0 Å². The minimum Gasteiger partial charge on any atom is -0.491 e. The van der Waals surface area contributed by atoms with E-state index < -0.39 is 10.0 Å². The average Bonchev–Trinajstić information content (AvgIpc) is 2.44. The molecule has 0 spiro atoms. The van der Waals surface area contributed by atoms with Crippen LogP contribution in [-0.2, 0) is 16.6 Å². The van der Waals surface area contributed by atoms with Gasteiger partial charge in [-0.05, 0) is 51.4 Å². The van der Waals surface area contributed by atoms with Crippen LogP contribution in [0.3, 0.4) is 0 Å². The zero-order chi connectivity index (χ0) is 19.1. The van der Waals surface area contributed by atoms with Gasteiger partial charge in [0, 0.05) is 12.1 Å². The summed E-state index contributed by atoms with van der Waals surface area (Å²) in [4.78, 5) is 12.1. The van der Waals surface area contributed by atoms with Gasteiger partial charge in [0.05, 0.1) is 18.6 Å². The Morgan fingerprint density at radius 2 is 1.96 bits per heavy atom. The van der Waals surface area contributed by atoms with Crippen LogP contribution in [0.5, 0.6) is 5.75 Å². The summed E-state index contributed by atoms with van der Waals surface area (Å²) < 4.78 is 30.6. The van der Waals surface area contributed by atoms with Crippen molar-refractivity contribution in [3.05, 3.63) is 23.8 Å². The zero-order valence-electron chi connectivity index (χ0n) is 15.2. The van der Waals surface area contributed by atoms with Crippen LogP contribution in [0, 0.1) is 0 Å². The normalized spacial score (nSPS) is 11.9. The lowest BCUT2D eigenvalue weighted by molar-refractivity contribution is 0.243. The molecule has 0 heterocycles. The smallest absolute Gasteiger partial charge is 0.319 e. The Morgan fingerprint density at radius 1 is 1.28 bits per heavy atom. The molecule has 0 bridgehead atoms. The largest absolute Gasteiger partial charge is 0.491 e.